The lowest BCUT2D eigenvalue weighted by Gasteiger charge is -2.09. The smallest absolute Gasteiger partial charge is 0.272 e. The third kappa shape index (κ3) is 3.77. The number of hydrogen-bond acceptors (Lipinski definition) is 6. The van der Waals surface area contributed by atoms with Crippen LogP contribution in [-0.4, -0.2) is 30.8 Å². The first-order valence-corrected chi connectivity index (χ1v) is 11.3. The molecule has 1 N–H and O–H groups in total. The quantitative estimate of drug-likeness (QED) is 0.448. The topological polar surface area (TPSA) is 81.3 Å². The summed E-state index contributed by atoms with van der Waals surface area (Å²) in [5, 5.41) is 14.2. The number of carbonyl (C=O) groups excluding carboxylic acids is 1. The molecule has 1 aromatic carbocycles. The highest BCUT2D eigenvalue weighted by molar-refractivity contribution is 7.99. The van der Waals surface area contributed by atoms with Crippen molar-refractivity contribution in [2.24, 2.45) is 0 Å². The van der Waals surface area contributed by atoms with Crippen LogP contribution in [0.2, 0.25) is 5.02 Å². The molecule has 150 valence electrons. The molecule has 4 aromatic rings. The number of nitrogens with zero attached hydrogens (tertiary/aromatic N) is 4. The largest absolute Gasteiger partial charge is 0.324 e. The van der Waals surface area contributed by atoms with E-state index in [9.17, 15) is 9.59 Å². The fourth-order valence-electron chi connectivity index (χ4n) is 3.06. The summed E-state index contributed by atoms with van der Waals surface area (Å²) in [7, 11) is 0. The molecule has 0 saturated heterocycles. The fourth-order valence-corrected chi connectivity index (χ4v) is 4.90. The number of thiophene rings is 1. The van der Waals surface area contributed by atoms with Gasteiger partial charge in [0.15, 0.2) is 5.16 Å². The first kappa shape index (κ1) is 19.9. The number of aryl methyl sites for hydroxylation is 2. The minimum absolute atomic E-state index is 0.0555. The molecule has 0 spiro atoms. The minimum atomic E-state index is -0.194. The monoisotopic (exact) mass is 447 g/mol. The molecule has 0 atom stereocenters. The van der Waals surface area contributed by atoms with Crippen LogP contribution >= 0.6 is 34.7 Å². The number of fused-ring (bicyclic) bond motifs is 3. The van der Waals surface area contributed by atoms with Crippen LogP contribution in [0.25, 0.3) is 16.0 Å². The van der Waals surface area contributed by atoms with Gasteiger partial charge in [-0.15, -0.1) is 21.5 Å². The zero-order valence-electron chi connectivity index (χ0n) is 15.8. The Morgan fingerprint density at radius 2 is 2.14 bits per heavy atom. The third-order valence-corrected chi connectivity index (χ3v) is 6.49. The van der Waals surface area contributed by atoms with Crippen LogP contribution in [0.1, 0.15) is 18.9 Å². The van der Waals surface area contributed by atoms with Gasteiger partial charge in [-0.1, -0.05) is 36.4 Å². The van der Waals surface area contributed by atoms with Crippen LogP contribution < -0.4 is 10.9 Å². The number of amides is 1. The van der Waals surface area contributed by atoms with Crippen molar-refractivity contribution in [2.75, 3.05) is 11.1 Å². The van der Waals surface area contributed by atoms with Crippen molar-refractivity contribution in [1.29, 1.82) is 0 Å². The number of anilines is 1. The molecule has 10 heteroatoms. The maximum absolute atomic E-state index is 12.7. The lowest BCUT2D eigenvalue weighted by atomic mass is 10.2. The van der Waals surface area contributed by atoms with Crippen LogP contribution in [0.4, 0.5) is 5.69 Å². The van der Waals surface area contributed by atoms with Gasteiger partial charge in [0.2, 0.25) is 11.7 Å². The number of benzene rings is 1. The van der Waals surface area contributed by atoms with Crippen molar-refractivity contribution in [1.82, 2.24) is 19.2 Å². The van der Waals surface area contributed by atoms with E-state index in [1.54, 1.807) is 16.7 Å². The van der Waals surface area contributed by atoms with Gasteiger partial charge in [-0.25, -0.2) is 0 Å². The molecule has 0 bridgehead atoms. The van der Waals surface area contributed by atoms with Crippen LogP contribution in [0.3, 0.4) is 0 Å². The van der Waals surface area contributed by atoms with Crippen LogP contribution in [-0.2, 0) is 11.3 Å². The Bertz CT molecular complexity index is 1280. The Morgan fingerprint density at radius 3 is 2.90 bits per heavy atom. The van der Waals surface area contributed by atoms with E-state index in [0.717, 1.165) is 17.5 Å². The molecular formula is C19H18ClN5O2S2. The molecule has 0 aliphatic rings. The van der Waals surface area contributed by atoms with Crippen molar-refractivity contribution < 1.29 is 4.79 Å². The van der Waals surface area contributed by atoms with Gasteiger partial charge in [0, 0.05) is 6.54 Å². The van der Waals surface area contributed by atoms with Gasteiger partial charge >= 0.3 is 0 Å². The van der Waals surface area contributed by atoms with E-state index in [-0.39, 0.29) is 17.2 Å². The summed E-state index contributed by atoms with van der Waals surface area (Å²) >= 11 is 8.85. The van der Waals surface area contributed by atoms with Crippen LogP contribution in [0.5, 0.6) is 0 Å². The molecule has 3 heterocycles. The molecule has 0 fully saturated rings. The normalized spacial score (nSPS) is 11.4. The Kier molecular flexibility index (Phi) is 5.62. The van der Waals surface area contributed by atoms with Crippen LogP contribution in [0.15, 0.2) is 39.6 Å². The molecule has 0 aliphatic heterocycles. The molecule has 29 heavy (non-hydrogen) atoms. The average Bonchev–Trinajstić information content (AvgIpc) is 3.32. The Balaban J connectivity index is 1.62. The zero-order chi connectivity index (χ0) is 20.5. The second kappa shape index (κ2) is 8.17. The summed E-state index contributed by atoms with van der Waals surface area (Å²) in [6, 6.07) is 7.35. The Morgan fingerprint density at radius 1 is 1.31 bits per heavy atom. The number of rotatable bonds is 6. The number of aromatic nitrogens is 4. The molecule has 0 saturated carbocycles. The van der Waals surface area contributed by atoms with E-state index in [4.69, 9.17) is 11.6 Å². The molecule has 3 aromatic heterocycles. The number of nitrogens with one attached hydrogen (secondary N) is 1. The van der Waals surface area contributed by atoms with Gasteiger partial charge in [0.1, 0.15) is 4.70 Å². The van der Waals surface area contributed by atoms with E-state index in [1.807, 2.05) is 35.8 Å². The summed E-state index contributed by atoms with van der Waals surface area (Å²) in [5.74, 6) is 0.442. The first-order valence-electron chi connectivity index (χ1n) is 9.03. The Hall–Kier alpha value is -2.36. The average molecular weight is 448 g/mol. The highest BCUT2D eigenvalue weighted by Gasteiger charge is 2.18. The van der Waals surface area contributed by atoms with Crippen LogP contribution in [0, 0.1) is 6.92 Å². The molecule has 0 radical (unpaired) electrons. The molecule has 1 amide bonds. The van der Waals surface area contributed by atoms with Gasteiger partial charge in [-0.05, 0) is 42.5 Å². The van der Waals surface area contributed by atoms with Gasteiger partial charge in [-0.2, -0.15) is 0 Å². The Labute approximate surface area is 179 Å². The van der Waals surface area contributed by atoms with Crippen molar-refractivity contribution in [2.45, 2.75) is 32.0 Å². The summed E-state index contributed by atoms with van der Waals surface area (Å²) in [6.07, 6.45) is 0.807. The van der Waals surface area contributed by atoms with Gasteiger partial charge in [0.25, 0.3) is 5.56 Å². The van der Waals surface area contributed by atoms with E-state index >= 15 is 0 Å². The third-order valence-electron chi connectivity index (χ3n) is 4.36. The minimum Gasteiger partial charge on any atom is -0.324 e. The standard InChI is InChI=1S/C19H18ClN5O2S2/c1-3-7-24-17(27)16-14(6-8-28-16)25-18(24)22-23-19(25)29-10-15(26)21-13-5-4-11(2)9-12(13)20/h4-6,8-9H,3,7,10H2,1-2H3,(H,21,26). The first-order chi connectivity index (χ1) is 14.0. The molecular weight excluding hydrogens is 430 g/mol. The highest BCUT2D eigenvalue weighted by atomic mass is 35.5. The van der Waals surface area contributed by atoms with Gasteiger partial charge in [0.05, 0.1) is 22.0 Å². The van der Waals surface area contributed by atoms with E-state index in [0.29, 0.717) is 32.9 Å². The number of thioether (sulfide) groups is 1. The summed E-state index contributed by atoms with van der Waals surface area (Å²) in [4.78, 5) is 25.2. The van der Waals surface area contributed by atoms with Crippen molar-refractivity contribution in [3.05, 3.63) is 50.6 Å². The lowest BCUT2D eigenvalue weighted by Crippen LogP contribution is -2.22. The van der Waals surface area contributed by atoms with Gasteiger partial charge < -0.3 is 5.32 Å². The van der Waals surface area contributed by atoms with E-state index in [2.05, 4.69) is 15.5 Å². The van der Waals surface area contributed by atoms with Crippen molar-refractivity contribution >= 4 is 62.3 Å². The van der Waals surface area contributed by atoms with Crippen molar-refractivity contribution in [3.63, 3.8) is 0 Å². The molecule has 0 unspecified atom stereocenters. The summed E-state index contributed by atoms with van der Waals surface area (Å²) in [5.41, 5.74) is 2.30. The molecule has 4 rings (SSSR count). The van der Waals surface area contributed by atoms with E-state index in [1.165, 1.54) is 23.1 Å². The second-order valence-electron chi connectivity index (χ2n) is 6.53. The number of carbonyl (C=O) groups is 1. The highest BCUT2D eigenvalue weighted by Crippen LogP contribution is 2.26. The fraction of sp³-hybridized carbons (Fsp3) is 0.263. The SMILES string of the molecule is CCCn1c(=O)c2sccc2n2c(SCC(=O)Nc3ccc(C)cc3Cl)nnc12. The number of halogens is 1. The summed E-state index contributed by atoms with van der Waals surface area (Å²) < 4.78 is 4.14. The predicted molar refractivity (Wildman–Crippen MR) is 118 cm³/mol. The van der Waals surface area contributed by atoms with Gasteiger partial charge in [-0.3, -0.25) is 18.6 Å². The zero-order valence-corrected chi connectivity index (χ0v) is 18.2. The molecule has 0 aliphatic carbocycles. The number of hydrogen-bond donors (Lipinski definition) is 1. The predicted octanol–water partition coefficient (Wildman–Crippen LogP) is 4.21. The van der Waals surface area contributed by atoms with Crippen molar-refractivity contribution in [3.8, 4) is 0 Å². The molecule has 7 nitrogen and oxygen atoms in total. The van der Waals surface area contributed by atoms with E-state index < -0.39 is 0 Å². The lowest BCUT2D eigenvalue weighted by molar-refractivity contribution is -0.113. The maximum atomic E-state index is 12.7. The maximum Gasteiger partial charge on any atom is 0.272 e. The second-order valence-corrected chi connectivity index (χ2v) is 8.80. The summed E-state index contributed by atoms with van der Waals surface area (Å²) in [6.45, 7) is 4.51.